The Morgan fingerprint density at radius 3 is 2.92 bits per heavy atom. The number of hydrogen-bond acceptors (Lipinski definition) is 4. The summed E-state index contributed by atoms with van der Waals surface area (Å²) in [6, 6.07) is 11.6. The number of thiophene rings is 1. The molecule has 2 aromatic rings. The SMILES string of the molecule is CC(=O)N1C[C@@H](CCC(=O)Nc2sccc2C#N)c2ccccc21. The monoisotopic (exact) mass is 339 g/mol. The molecule has 1 aliphatic rings. The molecule has 0 fully saturated rings. The van der Waals surface area contributed by atoms with Gasteiger partial charge >= 0.3 is 0 Å². The maximum atomic E-state index is 12.2. The fourth-order valence-corrected chi connectivity index (χ4v) is 3.78. The van der Waals surface area contributed by atoms with Crippen molar-refractivity contribution in [2.75, 3.05) is 16.8 Å². The molecule has 5 nitrogen and oxygen atoms in total. The summed E-state index contributed by atoms with van der Waals surface area (Å²) in [6.45, 7) is 2.18. The summed E-state index contributed by atoms with van der Waals surface area (Å²) < 4.78 is 0. The molecule has 0 saturated carbocycles. The van der Waals surface area contributed by atoms with Crippen LogP contribution in [0.25, 0.3) is 0 Å². The molecule has 1 aliphatic heterocycles. The van der Waals surface area contributed by atoms with E-state index in [-0.39, 0.29) is 17.7 Å². The minimum absolute atomic E-state index is 0.0200. The number of benzene rings is 1. The van der Waals surface area contributed by atoms with E-state index in [1.807, 2.05) is 24.3 Å². The van der Waals surface area contributed by atoms with Crippen molar-refractivity contribution in [3.05, 3.63) is 46.8 Å². The molecule has 24 heavy (non-hydrogen) atoms. The molecule has 0 unspecified atom stereocenters. The van der Waals surface area contributed by atoms with Crippen molar-refractivity contribution in [3.63, 3.8) is 0 Å². The minimum atomic E-state index is -0.104. The number of nitriles is 1. The fraction of sp³-hybridized carbons (Fsp3) is 0.278. The van der Waals surface area contributed by atoms with Crippen LogP contribution < -0.4 is 10.2 Å². The van der Waals surface area contributed by atoms with Gasteiger partial charge in [-0.05, 0) is 29.5 Å². The molecule has 0 bridgehead atoms. The third-order valence-electron chi connectivity index (χ3n) is 4.21. The van der Waals surface area contributed by atoms with Gasteiger partial charge in [0.05, 0.1) is 5.56 Å². The van der Waals surface area contributed by atoms with E-state index in [1.165, 1.54) is 11.3 Å². The smallest absolute Gasteiger partial charge is 0.225 e. The normalized spacial score (nSPS) is 15.7. The van der Waals surface area contributed by atoms with Crippen LogP contribution in [0.2, 0.25) is 0 Å². The number of rotatable bonds is 4. The molecule has 0 saturated heterocycles. The zero-order valence-corrected chi connectivity index (χ0v) is 14.1. The Hall–Kier alpha value is -2.65. The largest absolute Gasteiger partial charge is 0.317 e. The minimum Gasteiger partial charge on any atom is -0.317 e. The van der Waals surface area contributed by atoms with E-state index in [2.05, 4.69) is 11.4 Å². The van der Waals surface area contributed by atoms with Crippen LogP contribution in [0.15, 0.2) is 35.7 Å². The lowest BCUT2D eigenvalue weighted by Gasteiger charge is -2.15. The Kier molecular flexibility index (Phi) is 4.63. The van der Waals surface area contributed by atoms with E-state index >= 15 is 0 Å². The van der Waals surface area contributed by atoms with Gasteiger partial charge in [-0.1, -0.05) is 18.2 Å². The highest BCUT2D eigenvalue weighted by Crippen LogP contribution is 2.38. The van der Waals surface area contributed by atoms with E-state index < -0.39 is 0 Å². The maximum absolute atomic E-state index is 12.2. The predicted molar refractivity (Wildman–Crippen MR) is 94.1 cm³/mol. The number of fused-ring (bicyclic) bond motifs is 1. The van der Waals surface area contributed by atoms with E-state index in [9.17, 15) is 9.59 Å². The van der Waals surface area contributed by atoms with Crippen LogP contribution in [-0.2, 0) is 9.59 Å². The van der Waals surface area contributed by atoms with Crippen molar-refractivity contribution < 1.29 is 9.59 Å². The average Bonchev–Trinajstić information content (AvgIpc) is 3.17. The van der Waals surface area contributed by atoms with Crippen molar-refractivity contribution in [2.45, 2.75) is 25.7 Å². The zero-order chi connectivity index (χ0) is 17.1. The van der Waals surface area contributed by atoms with Gasteiger partial charge < -0.3 is 10.2 Å². The van der Waals surface area contributed by atoms with E-state index in [4.69, 9.17) is 5.26 Å². The quantitative estimate of drug-likeness (QED) is 0.926. The molecule has 0 spiro atoms. The van der Waals surface area contributed by atoms with Gasteiger partial charge in [0, 0.05) is 31.5 Å². The van der Waals surface area contributed by atoms with Crippen LogP contribution in [0, 0.1) is 11.3 Å². The molecule has 1 aromatic carbocycles. The molecule has 122 valence electrons. The molecule has 1 atom stereocenters. The highest BCUT2D eigenvalue weighted by atomic mass is 32.1. The molecule has 0 radical (unpaired) electrons. The van der Waals surface area contributed by atoms with Gasteiger partial charge in [0.15, 0.2) is 0 Å². The number of nitrogens with one attached hydrogen (secondary N) is 1. The van der Waals surface area contributed by atoms with Crippen molar-refractivity contribution in [3.8, 4) is 6.07 Å². The van der Waals surface area contributed by atoms with Gasteiger partial charge in [0.1, 0.15) is 11.1 Å². The third kappa shape index (κ3) is 3.17. The first kappa shape index (κ1) is 16.2. The highest BCUT2D eigenvalue weighted by molar-refractivity contribution is 7.14. The topological polar surface area (TPSA) is 73.2 Å². The van der Waals surface area contributed by atoms with Gasteiger partial charge in [0.25, 0.3) is 0 Å². The van der Waals surface area contributed by atoms with Gasteiger partial charge in [-0.2, -0.15) is 5.26 Å². The summed E-state index contributed by atoms with van der Waals surface area (Å²) in [5, 5.41) is 14.2. The third-order valence-corrected chi connectivity index (χ3v) is 5.04. The Morgan fingerprint density at radius 2 is 2.17 bits per heavy atom. The lowest BCUT2D eigenvalue weighted by molar-refractivity contribution is -0.116. The van der Waals surface area contributed by atoms with Gasteiger partial charge in [-0.3, -0.25) is 9.59 Å². The first-order chi connectivity index (χ1) is 11.6. The standard InChI is InChI=1S/C18H17N3O2S/c1-12(22)21-11-14(15-4-2-3-5-16(15)21)6-7-17(23)20-18-13(10-19)8-9-24-18/h2-5,8-9,14H,6-7,11H2,1H3,(H,20,23)/t14-/m1/s1. The van der Waals surface area contributed by atoms with Gasteiger partial charge in [-0.25, -0.2) is 0 Å². The van der Waals surface area contributed by atoms with Crippen molar-refractivity contribution in [1.82, 2.24) is 0 Å². The number of amides is 2. The fourth-order valence-electron chi connectivity index (χ4n) is 3.03. The summed E-state index contributed by atoms with van der Waals surface area (Å²) >= 11 is 1.35. The number of carbonyl (C=O) groups is 2. The molecule has 0 aliphatic carbocycles. The van der Waals surface area contributed by atoms with Crippen LogP contribution in [0.5, 0.6) is 0 Å². The summed E-state index contributed by atoms with van der Waals surface area (Å²) in [5.41, 5.74) is 2.55. The number of hydrogen-bond donors (Lipinski definition) is 1. The first-order valence-corrected chi connectivity index (χ1v) is 8.62. The van der Waals surface area contributed by atoms with E-state index in [0.29, 0.717) is 30.0 Å². The average molecular weight is 339 g/mol. The van der Waals surface area contributed by atoms with Gasteiger partial charge in [-0.15, -0.1) is 11.3 Å². The van der Waals surface area contributed by atoms with E-state index in [0.717, 1.165) is 11.3 Å². The van der Waals surface area contributed by atoms with Crippen LogP contribution in [0.3, 0.4) is 0 Å². The summed E-state index contributed by atoms with van der Waals surface area (Å²) in [6.07, 6.45) is 1.02. The number of nitrogens with zero attached hydrogens (tertiary/aromatic N) is 2. The molecular formula is C18H17N3O2S. The van der Waals surface area contributed by atoms with Crippen molar-refractivity contribution in [1.29, 1.82) is 5.26 Å². The number of para-hydroxylation sites is 1. The lowest BCUT2D eigenvalue weighted by atomic mass is 9.96. The molecule has 2 heterocycles. The van der Waals surface area contributed by atoms with Crippen LogP contribution in [0.1, 0.15) is 36.8 Å². The summed E-state index contributed by atoms with van der Waals surface area (Å²) in [5.74, 6) is 0.0778. The Labute approximate surface area is 144 Å². The van der Waals surface area contributed by atoms with E-state index in [1.54, 1.807) is 23.3 Å². The second-order valence-corrected chi connectivity index (χ2v) is 6.66. The Balaban J connectivity index is 1.64. The highest BCUT2D eigenvalue weighted by Gasteiger charge is 2.30. The van der Waals surface area contributed by atoms with Gasteiger partial charge in [0.2, 0.25) is 11.8 Å². The summed E-state index contributed by atoms with van der Waals surface area (Å²) in [4.78, 5) is 25.7. The molecule has 1 N–H and O–H groups in total. The van der Waals surface area contributed by atoms with Crippen LogP contribution >= 0.6 is 11.3 Å². The second kappa shape index (κ2) is 6.85. The maximum Gasteiger partial charge on any atom is 0.225 e. The Morgan fingerprint density at radius 1 is 1.38 bits per heavy atom. The number of carbonyl (C=O) groups excluding carboxylic acids is 2. The second-order valence-electron chi connectivity index (χ2n) is 5.75. The van der Waals surface area contributed by atoms with Crippen LogP contribution in [-0.4, -0.2) is 18.4 Å². The van der Waals surface area contributed by atoms with Crippen molar-refractivity contribution in [2.24, 2.45) is 0 Å². The molecular weight excluding hydrogens is 322 g/mol. The van der Waals surface area contributed by atoms with Crippen LogP contribution in [0.4, 0.5) is 10.7 Å². The van der Waals surface area contributed by atoms with Crippen molar-refractivity contribution >= 4 is 33.8 Å². The molecule has 6 heteroatoms. The zero-order valence-electron chi connectivity index (χ0n) is 13.3. The Bertz CT molecular complexity index is 822. The number of anilines is 2. The first-order valence-electron chi connectivity index (χ1n) is 7.74. The lowest BCUT2D eigenvalue weighted by Crippen LogP contribution is -2.27. The predicted octanol–water partition coefficient (Wildman–Crippen LogP) is 3.49. The molecule has 2 amide bonds. The molecule has 1 aromatic heterocycles. The summed E-state index contributed by atoms with van der Waals surface area (Å²) in [7, 11) is 0. The molecule has 3 rings (SSSR count).